The third kappa shape index (κ3) is 5.36. The molecule has 0 bridgehead atoms. The zero-order chi connectivity index (χ0) is 13.4. The quantitative estimate of drug-likeness (QED) is 0.648. The van der Waals surface area contributed by atoms with Gasteiger partial charge in [-0.05, 0) is 25.7 Å². The Morgan fingerprint density at radius 2 is 2.06 bits per heavy atom. The second-order valence-corrected chi connectivity index (χ2v) is 5.48. The fraction of sp³-hybridized carbons (Fsp3) is 0.929. The Morgan fingerprint density at radius 1 is 1.33 bits per heavy atom. The van der Waals surface area contributed by atoms with Crippen molar-refractivity contribution < 1.29 is 9.90 Å². The molecule has 106 valence electrons. The Hall–Kier alpha value is -0.610. The second-order valence-electron chi connectivity index (χ2n) is 5.48. The van der Waals surface area contributed by atoms with Crippen LogP contribution in [0.3, 0.4) is 0 Å². The van der Waals surface area contributed by atoms with Crippen LogP contribution in [0.25, 0.3) is 0 Å². The standard InChI is InChI=1S/C14H28N2O2/c1-12(2)15-13-8-7-10-16(14(13)18)9-5-3-4-6-11-17/h12-13,15,17H,3-11H2,1-2H3. The van der Waals surface area contributed by atoms with Gasteiger partial charge in [0.25, 0.3) is 0 Å². The summed E-state index contributed by atoms with van der Waals surface area (Å²) >= 11 is 0. The van der Waals surface area contributed by atoms with E-state index in [1.807, 2.05) is 4.90 Å². The first-order chi connectivity index (χ1) is 8.65. The Labute approximate surface area is 111 Å². The summed E-state index contributed by atoms with van der Waals surface area (Å²) < 4.78 is 0. The maximum atomic E-state index is 12.2. The number of carbonyl (C=O) groups excluding carboxylic acids is 1. The number of hydrogen-bond donors (Lipinski definition) is 2. The van der Waals surface area contributed by atoms with E-state index in [2.05, 4.69) is 19.2 Å². The van der Waals surface area contributed by atoms with Crippen LogP contribution in [0, 0.1) is 0 Å². The summed E-state index contributed by atoms with van der Waals surface area (Å²) in [6.45, 7) is 6.24. The number of amides is 1. The molecular formula is C14H28N2O2. The van der Waals surface area contributed by atoms with E-state index in [1.54, 1.807) is 0 Å². The number of carbonyl (C=O) groups is 1. The molecule has 1 amide bonds. The van der Waals surface area contributed by atoms with Crippen LogP contribution in [-0.4, -0.2) is 47.7 Å². The van der Waals surface area contributed by atoms with Crippen molar-refractivity contribution in [2.75, 3.05) is 19.7 Å². The molecule has 0 aromatic rings. The minimum atomic E-state index is 0.0243. The third-order valence-electron chi connectivity index (χ3n) is 3.40. The minimum absolute atomic E-state index is 0.0243. The molecule has 0 aromatic carbocycles. The zero-order valence-corrected chi connectivity index (χ0v) is 11.8. The lowest BCUT2D eigenvalue weighted by molar-refractivity contribution is -0.136. The highest BCUT2D eigenvalue weighted by atomic mass is 16.2. The Bertz CT molecular complexity index is 244. The summed E-state index contributed by atoms with van der Waals surface area (Å²) in [7, 11) is 0. The number of nitrogens with one attached hydrogen (secondary N) is 1. The van der Waals surface area contributed by atoms with Gasteiger partial charge in [-0.2, -0.15) is 0 Å². The predicted molar refractivity (Wildman–Crippen MR) is 73.4 cm³/mol. The fourth-order valence-electron chi connectivity index (χ4n) is 2.49. The summed E-state index contributed by atoms with van der Waals surface area (Å²) in [5.41, 5.74) is 0. The van der Waals surface area contributed by atoms with E-state index in [-0.39, 0.29) is 18.6 Å². The summed E-state index contributed by atoms with van der Waals surface area (Å²) in [5, 5.41) is 12.1. The van der Waals surface area contributed by atoms with Gasteiger partial charge in [-0.25, -0.2) is 0 Å². The lowest BCUT2D eigenvalue weighted by Gasteiger charge is -2.33. The van der Waals surface area contributed by atoms with E-state index in [4.69, 9.17) is 5.11 Å². The first kappa shape index (κ1) is 15.4. The molecule has 0 aromatic heterocycles. The molecule has 1 rings (SSSR count). The molecule has 0 radical (unpaired) electrons. The fourth-order valence-corrected chi connectivity index (χ4v) is 2.49. The van der Waals surface area contributed by atoms with Gasteiger partial charge in [0.05, 0.1) is 6.04 Å². The van der Waals surface area contributed by atoms with E-state index in [0.29, 0.717) is 6.04 Å². The lowest BCUT2D eigenvalue weighted by atomic mass is 10.0. The molecule has 0 saturated carbocycles. The smallest absolute Gasteiger partial charge is 0.239 e. The molecule has 0 spiro atoms. The number of likely N-dealkylation sites (tertiary alicyclic amines) is 1. The summed E-state index contributed by atoms with van der Waals surface area (Å²) in [4.78, 5) is 14.2. The molecule has 1 aliphatic heterocycles. The molecule has 1 heterocycles. The molecule has 1 atom stereocenters. The van der Waals surface area contributed by atoms with E-state index in [1.165, 1.54) is 0 Å². The van der Waals surface area contributed by atoms with E-state index in [9.17, 15) is 4.79 Å². The molecule has 4 heteroatoms. The Kier molecular flexibility index (Phi) is 7.28. The molecule has 2 N–H and O–H groups in total. The van der Waals surface area contributed by atoms with Gasteiger partial charge in [0.1, 0.15) is 0 Å². The maximum Gasteiger partial charge on any atom is 0.239 e. The van der Waals surface area contributed by atoms with Crippen molar-refractivity contribution in [1.82, 2.24) is 10.2 Å². The minimum Gasteiger partial charge on any atom is -0.396 e. The number of aliphatic hydroxyl groups is 1. The van der Waals surface area contributed by atoms with Crippen LogP contribution in [0.15, 0.2) is 0 Å². The molecule has 4 nitrogen and oxygen atoms in total. The van der Waals surface area contributed by atoms with Gasteiger partial charge in [0.15, 0.2) is 0 Å². The number of unbranched alkanes of at least 4 members (excludes halogenated alkanes) is 3. The molecule has 1 unspecified atom stereocenters. The number of nitrogens with zero attached hydrogens (tertiary/aromatic N) is 1. The highest BCUT2D eigenvalue weighted by Crippen LogP contribution is 2.13. The SMILES string of the molecule is CC(C)NC1CCCN(CCCCCCO)C1=O. The van der Waals surface area contributed by atoms with E-state index < -0.39 is 0 Å². The van der Waals surface area contributed by atoms with Gasteiger partial charge < -0.3 is 15.3 Å². The average molecular weight is 256 g/mol. The van der Waals surface area contributed by atoms with Gasteiger partial charge in [-0.3, -0.25) is 4.79 Å². The maximum absolute atomic E-state index is 12.2. The zero-order valence-electron chi connectivity index (χ0n) is 11.8. The monoisotopic (exact) mass is 256 g/mol. The van der Waals surface area contributed by atoms with Crippen molar-refractivity contribution in [1.29, 1.82) is 0 Å². The average Bonchev–Trinajstić information content (AvgIpc) is 2.33. The number of piperidine rings is 1. The first-order valence-corrected chi connectivity index (χ1v) is 7.31. The van der Waals surface area contributed by atoms with Crippen LogP contribution in [-0.2, 0) is 4.79 Å². The van der Waals surface area contributed by atoms with Gasteiger partial charge in [-0.1, -0.05) is 26.7 Å². The molecule has 0 aliphatic carbocycles. The summed E-state index contributed by atoms with van der Waals surface area (Å²) in [6.07, 6.45) is 6.18. The second kappa shape index (κ2) is 8.48. The Morgan fingerprint density at radius 3 is 2.72 bits per heavy atom. The summed E-state index contributed by atoms with van der Waals surface area (Å²) in [6, 6.07) is 0.389. The largest absolute Gasteiger partial charge is 0.396 e. The van der Waals surface area contributed by atoms with E-state index in [0.717, 1.165) is 51.6 Å². The molecule has 1 aliphatic rings. The predicted octanol–water partition coefficient (Wildman–Crippen LogP) is 1.53. The lowest BCUT2D eigenvalue weighted by Crippen LogP contribution is -2.52. The van der Waals surface area contributed by atoms with Crippen LogP contribution in [0.4, 0.5) is 0 Å². The topological polar surface area (TPSA) is 52.6 Å². The van der Waals surface area contributed by atoms with E-state index >= 15 is 0 Å². The highest BCUT2D eigenvalue weighted by molar-refractivity contribution is 5.82. The number of hydrogen-bond acceptors (Lipinski definition) is 3. The first-order valence-electron chi connectivity index (χ1n) is 7.31. The Balaban J connectivity index is 2.25. The van der Waals surface area contributed by atoms with Crippen molar-refractivity contribution >= 4 is 5.91 Å². The van der Waals surface area contributed by atoms with Crippen LogP contribution in [0.1, 0.15) is 52.4 Å². The van der Waals surface area contributed by atoms with Gasteiger partial charge in [0, 0.05) is 25.7 Å². The molecule has 18 heavy (non-hydrogen) atoms. The molecular weight excluding hydrogens is 228 g/mol. The van der Waals surface area contributed by atoms with Gasteiger partial charge >= 0.3 is 0 Å². The highest BCUT2D eigenvalue weighted by Gasteiger charge is 2.28. The van der Waals surface area contributed by atoms with Crippen LogP contribution < -0.4 is 5.32 Å². The van der Waals surface area contributed by atoms with Gasteiger partial charge in [-0.15, -0.1) is 0 Å². The van der Waals surface area contributed by atoms with Crippen LogP contribution >= 0.6 is 0 Å². The van der Waals surface area contributed by atoms with Crippen molar-refractivity contribution in [3.05, 3.63) is 0 Å². The van der Waals surface area contributed by atoms with Crippen molar-refractivity contribution in [3.63, 3.8) is 0 Å². The van der Waals surface area contributed by atoms with Crippen LogP contribution in [0.5, 0.6) is 0 Å². The van der Waals surface area contributed by atoms with Crippen molar-refractivity contribution in [2.24, 2.45) is 0 Å². The normalized spacial score (nSPS) is 20.8. The van der Waals surface area contributed by atoms with Crippen molar-refractivity contribution in [3.8, 4) is 0 Å². The number of rotatable bonds is 8. The van der Waals surface area contributed by atoms with Gasteiger partial charge in [0.2, 0.25) is 5.91 Å². The van der Waals surface area contributed by atoms with Crippen LogP contribution in [0.2, 0.25) is 0 Å². The molecule has 1 saturated heterocycles. The number of aliphatic hydroxyl groups excluding tert-OH is 1. The summed E-state index contributed by atoms with van der Waals surface area (Å²) in [5.74, 6) is 0.275. The van der Waals surface area contributed by atoms with Crippen molar-refractivity contribution in [2.45, 2.75) is 64.5 Å². The third-order valence-corrected chi connectivity index (χ3v) is 3.40. The molecule has 1 fully saturated rings.